The van der Waals surface area contributed by atoms with E-state index in [-0.39, 0.29) is 0 Å². The molecule has 0 spiro atoms. The highest BCUT2D eigenvalue weighted by molar-refractivity contribution is 7.09. The van der Waals surface area contributed by atoms with Gasteiger partial charge in [0, 0.05) is 30.1 Å². The van der Waals surface area contributed by atoms with E-state index in [2.05, 4.69) is 41.7 Å². The Morgan fingerprint density at radius 1 is 1.56 bits per heavy atom. The summed E-state index contributed by atoms with van der Waals surface area (Å²) in [7, 11) is 2.05. The van der Waals surface area contributed by atoms with Crippen LogP contribution in [0.1, 0.15) is 31.1 Å². The van der Waals surface area contributed by atoms with Crippen LogP contribution in [0.15, 0.2) is 17.5 Å². The summed E-state index contributed by atoms with van der Waals surface area (Å²) in [6.07, 6.45) is 4.03. The lowest BCUT2D eigenvalue weighted by Gasteiger charge is -2.30. The number of thiophene rings is 1. The molecule has 1 aromatic rings. The van der Waals surface area contributed by atoms with Crippen LogP contribution < -0.4 is 5.32 Å². The molecule has 0 saturated heterocycles. The molecule has 0 aliphatic heterocycles. The largest absolute Gasteiger partial charge is 0.318 e. The number of likely N-dealkylation sites (N-methyl/N-ethyl adjacent to an activating group) is 1. The van der Waals surface area contributed by atoms with Gasteiger partial charge in [-0.1, -0.05) is 13.0 Å². The average molecular weight is 238 g/mol. The molecule has 3 heteroatoms. The number of nitrogens with one attached hydrogen (secondary N) is 1. The minimum atomic E-state index is 0.694. The second-order valence-electron chi connectivity index (χ2n) is 4.60. The van der Waals surface area contributed by atoms with Gasteiger partial charge in [0.1, 0.15) is 0 Å². The van der Waals surface area contributed by atoms with E-state index >= 15 is 0 Å². The van der Waals surface area contributed by atoms with Crippen molar-refractivity contribution >= 4 is 11.3 Å². The van der Waals surface area contributed by atoms with E-state index in [0.717, 1.165) is 19.1 Å². The van der Waals surface area contributed by atoms with Crippen molar-refractivity contribution in [3.05, 3.63) is 22.4 Å². The van der Waals surface area contributed by atoms with Crippen molar-refractivity contribution in [1.82, 2.24) is 10.2 Å². The molecular weight excluding hydrogens is 216 g/mol. The molecule has 1 aliphatic carbocycles. The summed E-state index contributed by atoms with van der Waals surface area (Å²) in [6, 6.07) is 5.95. The van der Waals surface area contributed by atoms with E-state index in [4.69, 9.17) is 0 Å². The second-order valence-corrected chi connectivity index (χ2v) is 5.63. The lowest BCUT2D eigenvalue weighted by molar-refractivity contribution is 0.171. The van der Waals surface area contributed by atoms with Gasteiger partial charge in [-0.05, 0) is 37.8 Å². The molecular formula is C13H22N2S. The summed E-state index contributed by atoms with van der Waals surface area (Å²) in [4.78, 5) is 4.20. The summed E-state index contributed by atoms with van der Waals surface area (Å²) in [5.74, 6) is 0. The van der Waals surface area contributed by atoms with Gasteiger partial charge in [0.15, 0.2) is 0 Å². The minimum Gasteiger partial charge on any atom is -0.318 e. The predicted octanol–water partition coefficient (Wildman–Crippen LogP) is 2.71. The monoisotopic (exact) mass is 238 g/mol. The first kappa shape index (κ1) is 12.1. The first-order chi connectivity index (χ1) is 7.85. The number of nitrogens with zero attached hydrogens (tertiary/aromatic N) is 1. The summed E-state index contributed by atoms with van der Waals surface area (Å²) >= 11 is 1.88. The maximum atomic E-state index is 3.32. The van der Waals surface area contributed by atoms with E-state index in [1.54, 1.807) is 0 Å². The van der Waals surface area contributed by atoms with Crippen molar-refractivity contribution in [2.75, 3.05) is 13.6 Å². The maximum Gasteiger partial charge on any atom is 0.0334 e. The maximum absolute atomic E-state index is 3.32. The van der Waals surface area contributed by atoms with Crippen LogP contribution in [0.5, 0.6) is 0 Å². The van der Waals surface area contributed by atoms with E-state index < -0.39 is 0 Å². The quantitative estimate of drug-likeness (QED) is 0.786. The SMILES string of the molecule is CCC(CNC)N(Cc1cccs1)C1CC1. The van der Waals surface area contributed by atoms with Crippen molar-refractivity contribution in [2.45, 2.75) is 44.8 Å². The fourth-order valence-corrected chi connectivity index (χ4v) is 2.99. The summed E-state index contributed by atoms with van der Waals surface area (Å²) < 4.78 is 0. The zero-order valence-corrected chi connectivity index (χ0v) is 11.1. The molecule has 1 unspecified atom stereocenters. The van der Waals surface area contributed by atoms with E-state index in [0.29, 0.717) is 6.04 Å². The Morgan fingerprint density at radius 2 is 2.38 bits per heavy atom. The highest BCUT2D eigenvalue weighted by Gasteiger charge is 2.32. The van der Waals surface area contributed by atoms with Gasteiger partial charge in [0.25, 0.3) is 0 Å². The average Bonchev–Trinajstić information content (AvgIpc) is 3.01. The van der Waals surface area contributed by atoms with E-state index in [1.807, 2.05) is 11.3 Å². The predicted molar refractivity (Wildman–Crippen MR) is 70.9 cm³/mol. The van der Waals surface area contributed by atoms with Crippen molar-refractivity contribution in [3.8, 4) is 0 Å². The van der Waals surface area contributed by atoms with Gasteiger partial charge < -0.3 is 5.32 Å². The lowest BCUT2D eigenvalue weighted by Crippen LogP contribution is -2.42. The van der Waals surface area contributed by atoms with Crippen LogP contribution in [0.2, 0.25) is 0 Å². The second kappa shape index (κ2) is 5.80. The molecule has 2 rings (SSSR count). The Hall–Kier alpha value is -0.380. The first-order valence-corrected chi connectivity index (χ1v) is 7.15. The first-order valence-electron chi connectivity index (χ1n) is 6.28. The molecule has 16 heavy (non-hydrogen) atoms. The van der Waals surface area contributed by atoms with Crippen molar-refractivity contribution in [3.63, 3.8) is 0 Å². The van der Waals surface area contributed by atoms with E-state index in [1.165, 1.54) is 24.1 Å². The molecule has 1 N–H and O–H groups in total. The van der Waals surface area contributed by atoms with Crippen LogP contribution in [0.4, 0.5) is 0 Å². The standard InChI is InChI=1S/C13H22N2S/c1-3-11(9-14-2)15(12-6-7-12)10-13-5-4-8-16-13/h4-5,8,11-12,14H,3,6-7,9-10H2,1-2H3. The van der Waals surface area contributed by atoms with Crippen LogP contribution in [0.3, 0.4) is 0 Å². The molecule has 0 amide bonds. The van der Waals surface area contributed by atoms with Gasteiger partial charge in [-0.25, -0.2) is 0 Å². The molecule has 0 radical (unpaired) electrons. The number of rotatable bonds is 7. The third-order valence-electron chi connectivity index (χ3n) is 3.31. The normalized spacial score (nSPS) is 17.9. The Labute approximate surface area is 103 Å². The highest BCUT2D eigenvalue weighted by atomic mass is 32.1. The number of hydrogen-bond acceptors (Lipinski definition) is 3. The topological polar surface area (TPSA) is 15.3 Å². The molecule has 1 aromatic heterocycles. The third kappa shape index (κ3) is 3.06. The molecule has 0 bridgehead atoms. The zero-order chi connectivity index (χ0) is 11.4. The molecule has 1 heterocycles. The van der Waals surface area contributed by atoms with Crippen LogP contribution in [0.25, 0.3) is 0 Å². The molecule has 90 valence electrons. The van der Waals surface area contributed by atoms with Crippen LogP contribution in [0, 0.1) is 0 Å². The Balaban J connectivity index is 1.98. The van der Waals surface area contributed by atoms with Crippen molar-refractivity contribution in [2.24, 2.45) is 0 Å². The zero-order valence-electron chi connectivity index (χ0n) is 10.3. The van der Waals surface area contributed by atoms with Gasteiger partial charge in [-0.3, -0.25) is 4.90 Å². The van der Waals surface area contributed by atoms with Gasteiger partial charge in [-0.15, -0.1) is 11.3 Å². The molecule has 1 atom stereocenters. The van der Waals surface area contributed by atoms with Crippen molar-refractivity contribution in [1.29, 1.82) is 0 Å². The fourth-order valence-electron chi connectivity index (χ4n) is 2.28. The van der Waals surface area contributed by atoms with E-state index in [9.17, 15) is 0 Å². The van der Waals surface area contributed by atoms with Crippen LogP contribution >= 0.6 is 11.3 Å². The molecule has 1 saturated carbocycles. The lowest BCUT2D eigenvalue weighted by atomic mass is 10.1. The molecule has 0 aromatic carbocycles. The third-order valence-corrected chi connectivity index (χ3v) is 4.18. The summed E-state index contributed by atoms with van der Waals surface area (Å²) in [5.41, 5.74) is 0. The summed E-state index contributed by atoms with van der Waals surface area (Å²) in [6.45, 7) is 4.55. The Morgan fingerprint density at radius 3 is 2.88 bits per heavy atom. The number of hydrogen-bond donors (Lipinski definition) is 1. The van der Waals surface area contributed by atoms with Crippen LogP contribution in [-0.4, -0.2) is 30.6 Å². The van der Waals surface area contributed by atoms with Gasteiger partial charge >= 0.3 is 0 Å². The molecule has 1 fully saturated rings. The van der Waals surface area contributed by atoms with Gasteiger partial charge in [-0.2, -0.15) is 0 Å². The van der Waals surface area contributed by atoms with Crippen LogP contribution in [-0.2, 0) is 6.54 Å². The smallest absolute Gasteiger partial charge is 0.0334 e. The fraction of sp³-hybridized carbons (Fsp3) is 0.692. The summed E-state index contributed by atoms with van der Waals surface area (Å²) in [5, 5.41) is 5.50. The molecule has 2 nitrogen and oxygen atoms in total. The van der Waals surface area contributed by atoms with Gasteiger partial charge in [0.2, 0.25) is 0 Å². The minimum absolute atomic E-state index is 0.694. The van der Waals surface area contributed by atoms with Crippen molar-refractivity contribution < 1.29 is 0 Å². The Bertz CT molecular complexity index is 293. The molecule has 1 aliphatic rings. The highest BCUT2D eigenvalue weighted by Crippen LogP contribution is 2.31. The Kier molecular flexibility index (Phi) is 4.38. The van der Waals surface area contributed by atoms with Gasteiger partial charge in [0.05, 0.1) is 0 Å².